The number of nitrogens with zero attached hydrogens (tertiary/aromatic N) is 1. The van der Waals surface area contributed by atoms with Crippen molar-refractivity contribution in [3.8, 4) is 0 Å². The van der Waals surface area contributed by atoms with Crippen molar-refractivity contribution in [2.45, 2.75) is 64.3 Å². The highest BCUT2D eigenvalue weighted by Gasteiger charge is 2.35. The summed E-state index contributed by atoms with van der Waals surface area (Å²) in [5, 5.41) is 2.69. The molecule has 2 fully saturated rings. The maximum Gasteiger partial charge on any atom is 0.227 e. The predicted molar refractivity (Wildman–Crippen MR) is 100 cm³/mol. The second kappa shape index (κ2) is 8.65. The summed E-state index contributed by atoms with van der Waals surface area (Å²) in [6.07, 6.45) is 7.34. The Balaban J connectivity index is 1.53. The first-order chi connectivity index (χ1) is 12.6. The van der Waals surface area contributed by atoms with E-state index >= 15 is 0 Å². The largest absolute Gasteiger partial charge is 0.339 e. The van der Waals surface area contributed by atoms with Crippen molar-refractivity contribution in [3.63, 3.8) is 0 Å². The van der Waals surface area contributed by atoms with Crippen LogP contribution in [0.1, 0.15) is 58.3 Å². The Kier molecular flexibility index (Phi) is 6.28. The number of carbonyl (C=O) groups excluding carboxylic acids is 2. The molecule has 0 radical (unpaired) electrons. The van der Waals surface area contributed by atoms with Gasteiger partial charge < -0.3 is 10.2 Å². The molecule has 1 aromatic carbocycles. The SMILES string of the molecule is CCC1CCCCN1C(=O)C1CCC(C(=O)Nc2ccccc2F)CC1. The first kappa shape index (κ1) is 18.9. The quantitative estimate of drug-likeness (QED) is 0.867. The lowest BCUT2D eigenvalue weighted by Crippen LogP contribution is -2.47. The van der Waals surface area contributed by atoms with Crippen LogP contribution >= 0.6 is 0 Å². The Labute approximate surface area is 155 Å². The highest BCUT2D eigenvalue weighted by Crippen LogP contribution is 2.33. The van der Waals surface area contributed by atoms with Crippen LogP contribution in [-0.2, 0) is 9.59 Å². The van der Waals surface area contributed by atoms with Crippen molar-refractivity contribution in [1.29, 1.82) is 0 Å². The van der Waals surface area contributed by atoms with Gasteiger partial charge in [0.05, 0.1) is 5.69 Å². The number of likely N-dealkylation sites (tertiary alicyclic amines) is 1. The molecule has 1 aromatic rings. The number of para-hydroxylation sites is 1. The molecular weight excluding hydrogens is 331 g/mol. The average molecular weight is 360 g/mol. The van der Waals surface area contributed by atoms with Crippen molar-refractivity contribution in [3.05, 3.63) is 30.1 Å². The van der Waals surface area contributed by atoms with E-state index in [4.69, 9.17) is 0 Å². The Hall–Kier alpha value is -1.91. The molecule has 1 N–H and O–H groups in total. The van der Waals surface area contributed by atoms with Crippen LogP contribution < -0.4 is 5.32 Å². The van der Waals surface area contributed by atoms with E-state index in [0.717, 1.165) is 38.6 Å². The number of carbonyl (C=O) groups is 2. The summed E-state index contributed by atoms with van der Waals surface area (Å²) >= 11 is 0. The molecule has 1 saturated heterocycles. The molecule has 1 heterocycles. The number of benzene rings is 1. The van der Waals surface area contributed by atoms with Crippen molar-refractivity contribution < 1.29 is 14.0 Å². The Morgan fingerprint density at radius 2 is 1.77 bits per heavy atom. The van der Waals surface area contributed by atoms with Gasteiger partial charge in [0.2, 0.25) is 11.8 Å². The van der Waals surface area contributed by atoms with Crippen LogP contribution in [0.4, 0.5) is 10.1 Å². The molecule has 1 saturated carbocycles. The van der Waals surface area contributed by atoms with Gasteiger partial charge in [-0.1, -0.05) is 19.1 Å². The van der Waals surface area contributed by atoms with E-state index in [0.29, 0.717) is 18.9 Å². The number of piperidine rings is 1. The van der Waals surface area contributed by atoms with E-state index in [2.05, 4.69) is 17.1 Å². The summed E-state index contributed by atoms with van der Waals surface area (Å²) in [6, 6.07) is 6.61. The van der Waals surface area contributed by atoms with Gasteiger partial charge >= 0.3 is 0 Å². The molecular formula is C21H29FN2O2. The lowest BCUT2D eigenvalue weighted by molar-refractivity contribution is -0.141. The van der Waals surface area contributed by atoms with Gasteiger partial charge in [0.25, 0.3) is 0 Å². The third-order valence-corrected chi connectivity index (χ3v) is 5.96. The van der Waals surface area contributed by atoms with Crippen LogP contribution in [0.25, 0.3) is 0 Å². The molecule has 1 atom stereocenters. The Bertz CT molecular complexity index is 641. The molecule has 1 aliphatic carbocycles. The van der Waals surface area contributed by atoms with Gasteiger partial charge in [0.15, 0.2) is 0 Å². The number of hydrogen-bond donors (Lipinski definition) is 1. The number of rotatable bonds is 4. The minimum atomic E-state index is -0.416. The van der Waals surface area contributed by atoms with Crippen molar-refractivity contribution in [2.24, 2.45) is 11.8 Å². The average Bonchev–Trinajstić information content (AvgIpc) is 2.69. The number of hydrogen-bond acceptors (Lipinski definition) is 2. The maximum absolute atomic E-state index is 13.7. The van der Waals surface area contributed by atoms with Crippen molar-refractivity contribution >= 4 is 17.5 Å². The number of halogens is 1. The van der Waals surface area contributed by atoms with E-state index in [-0.39, 0.29) is 29.3 Å². The van der Waals surface area contributed by atoms with Crippen molar-refractivity contribution in [2.75, 3.05) is 11.9 Å². The molecule has 0 aromatic heterocycles. The molecule has 2 amide bonds. The number of anilines is 1. The maximum atomic E-state index is 13.7. The van der Waals surface area contributed by atoms with E-state index in [9.17, 15) is 14.0 Å². The fourth-order valence-electron chi connectivity index (χ4n) is 4.35. The number of nitrogens with one attached hydrogen (secondary N) is 1. The van der Waals surface area contributed by atoms with Gasteiger partial charge in [-0.15, -0.1) is 0 Å². The highest BCUT2D eigenvalue weighted by atomic mass is 19.1. The Morgan fingerprint density at radius 1 is 1.08 bits per heavy atom. The molecule has 1 aliphatic heterocycles. The molecule has 5 heteroatoms. The molecule has 26 heavy (non-hydrogen) atoms. The minimum absolute atomic E-state index is 0.0414. The fraction of sp³-hybridized carbons (Fsp3) is 0.619. The topological polar surface area (TPSA) is 49.4 Å². The second-order valence-corrected chi connectivity index (χ2v) is 7.61. The Morgan fingerprint density at radius 3 is 2.46 bits per heavy atom. The zero-order valence-corrected chi connectivity index (χ0v) is 15.5. The van der Waals surface area contributed by atoms with Crippen LogP contribution in [0.3, 0.4) is 0 Å². The molecule has 0 spiro atoms. The van der Waals surface area contributed by atoms with E-state index < -0.39 is 5.82 Å². The summed E-state index contributed by atoms with van der Waals surface area (Å²) in [5.74, 6) is -0.364. The summed E-state index contributed by atoms with van der Waals surface area (Å²) in [5.41, 5.74) is 0.231. The standard InChI is InChI=1S/C21H29FN2O2/c1-2-17-7-5-6-14-24(17)21(26)16-12-10-15(11-13-16)20(25)23-19-9-4-3-8-18(19)22/h3-4,8-9,15-17H,2,5-7,10-14H2,1H3,(H,23,25). The van der Waals surface area contributed by atoms with Crippen LogP contribution in [0.15, 0.2) is 24.3 Å². The molecule has 2 aliphatic rings. The van der Waals surface area contributed by atoms with Crippen molar-refractivity contribution in [1.82, 2.24) is 4.90 Å². The lowest BCUT2D eigenvalue weighted by Gasteiger charge is -2.39. The van der Waals surface area contributed by atoms with Crippen LogP contribution in [0, 0.1) is 17.7 Å². The third kappa shape index (κ3) is 4.25. The lowest BCUT2D eigenvalue weighted by atomic mass is 9.80. The minimum Gasteiger partial charge on any atom is -0.339 e. The predicted octanol–water partition coefficient (Wildman–Crippen LogP) is 4.36. The molecule has 0 bridgehead atoms. The van der Waals surface area contributed by atoms with Gasteiger partial charge in [0.1, 0.15) is 5.82 Å². The van der Waals surface area contributed by atoms with Gasteiger partial charge in [-0.2, -0.15) is 0 Å². The molecule has 3 rings (SSSR count). The van der Waals surface area contributed by atoms with Crippen LogP contribution in [0.5, 0.6) is 0 Å². The van der Waals surface area contributed by atoms with Gasteiger partial charge in [-0.3, -0.25) is 9.59 Å². The van der Waals surface area contributed by atoms with Gasteiger partial charge in [0, 0.05) is 24.4 Å². The normalized spacial score (nSPS) is 26.4. The van der Waals surface area contributed by atoms with E-state index in [1.165, 1.54) is 12.5 Å². The summed E-state index contributed by atoms with van der Waals surface area (Å²) < 4.78 is 13.7. The zero-order chi connectivity index (χ0) is 18.5. The van der Waals surface area contributed by atoms with Crippen LogP contribution in [0.2, 0.25) is 0 Å². The first-order valence-electron chi connectivity index (χ1n) is 9.96. The number of amides is 2. The smallest absolute Gasteiger partial charge is 0.227 e. The molecule has 142 valence electrons. The van der Waals surface area contributed by atoms with Gasteiger partial charge in [-0.25, -0.2) is 4.39 Å². The summed E-state index contributed by atoms with van der Waals surface area (Å²) in [4.78, 5) is 27.4. The third-order valence-electron chi connectivity index (χ3n) is 5.96. The highest BCUT2D eigenvalue weighted by molar-refractivity contribution is 5.92. The summed E-state index contributed by atoms with van der Waals surface area (Å²) in [6.45, 7) is 3.03. The zero-order valence-electron chi connectivity index (χ0n) is 15.5. The monoisotopic (exact) mass is 360 g/mol. The van der Waals surface area contributed by atoms with Gasteiger partial charge in [-0.05, 0) is 63.5 Å². The summed E-state index contributed by atoms with van der Waals surface area (Å²) in [7, 11) is 0. The second-order valence-electron chi connectivity index (χ2n) is 7.61. The molecule has 1 unspecified atom stereocenters. The first-order valence-corrected chi connectivity index (χ1v) is 9.96. The van der Waals surface area contributed by atoms with Crippen LogP contribution in [-0.4, -0.2) is 29.3 Å². The fourth-order valence-corrected chi connectivity index (χ4v) is 4.35. The molecule has 4 nitrogen and oxygen atoms in total. The van der Waals surface area contributed by atoms with E-state index in [1.807, 2.05) is 0 Å². The van der Waals surface area contributed by atoms with E-state index in [1.54, 1.807) is 18.2 Å².